The quantitative estimate of drug-likeness (QED) is 0.869. The number of carbonyl (C=O) groups is 2. The van der Waals surface area contributed by atoms with Crippen molar-refractivity contribution in [2.24, 2.45) is 11.8 Å². The summed E-state index contributed by atoms with van der Waals surface area (Å²) in [5, 5.41) is 11.9. The maximum atomic E-state index is 12.3. The largest absolute Gasteiger partial charge is 0.481 e. The molecule has 0 spiro atoms. The summed E-state index contributed by atoms with van der Waals surface area (Å²) >= 11 is 0. The molecule has 0 aliphatic heterocycles. The number of amides is 1. The number of aromatic nitrogens is 1. The lowest BCUT2D eigenvalue weighted by Gasteiger charge is -2.17. The van der Waals surface area contributed by atoms with Gasteiger partial charge in [0.15, 0.2) is 0 Å². The first-order chi connectivity index (χ1) is 9.99. The van der Waals surface area contributed by atoms with Crippen LogP contribution >= 0.6 is 0 Å². The number of pyridine rings is 1. The predicted molar refractivity (Wildman–Crippen MR) is 77.1 cm³/mol. The Hall–Kier alpha value is -2.11. The van der Waals surface area contributed by atoms with Crippen LogP contribution in [0.5, 0.6) is 5.88 Å². The molecule has 0 unspecified atom stereocenters. The molecule has 1 saturated carbocycles. The molecule has 2 N–H and O–H groups in total. The van der Waals surface area contributed by atoms with Gasteiger partial charge in [-0.1, -0.05) is 6.42 Å². The van der Waals surface area contributed by atoms with E-state index in [1.807, 2.05) is 13.8 Å². The van der Waals surface area contributed by atoms with Gasteiger partial charge in [-0.25, -0.2) is 4.98 Å². The molecule has 6 nitrogen and oxygen atoms in total. The van der Waals surface area contributed by atoms with Crippen LogP contribution in [0.3, 0.4) is 0 Å². The average molecular weight is 292 g/mol. The molecule has 0 saturated heterocycles. The number of hydrogen-bond acceptors (Lipinski definition) is 4. The minimum Gasteiger partial charge on any atom is -0.481 e. The van der Waals surface area contributed by atoms with Gasteiger partial charge in [-0.3, -0.25) is 9.59 Å². The molecule has 6 heteroatoms. The Morgan fingerprint density at radius 3 is 2.76 bits per heavy atom. The second-order valence-corrected chi connectivity index (χ2v) is 5.49. The van der Waals surface area contributed by atoms with E-state index in [1.165, 1.54) is 0 Å². The first-order valence-corrected chi connectivity index (χ1v) is 7.14. The smallest absolute Gasteiger partial charge is 0.307 e. The van der Waals surface area contributed by atoms with E-state index in [0.29, 0.717) is 24.4 Å². The summed E-state index contributed by atoms with van der Waals surface area (Å²) in [6, 6.07) is 3.40. The molecule has 21 heavy (non-hydrogen) atoms. The van der Waals surface area contributed by atoms with Gasteiger partial charge in [0.05, 0.1) is 17.9 Å². The van der Waals surface area contributed by atoms with Crippen molar-refractivity contribution in [3.05, 3.63) is 18.3 Å². The Morgan fingerprint density at radius 1 is 1.38 bits per heavy atom. The summed E-state index contributed by atoms with van der Waals surface area (Å²) in [6.07, 6.45) is 3.44. The third kappa shape index (κ3) is 3.71. The van der Waals surface area contributed by atoms with Crippen molar-refractivity contribution in [1.82, 2.24) is 4.98 Å². The van der Waals surface area contributed by atoms with E-state index in [9.17, 15) is 9.59 Å². The number of ether oxygens (including phenoxy) is 1. The van der Waals surface area contributed by atoms with Gasteiger partial charge < -0.3 is 15.2 Å². The molecule has 1 aromatic heterocycles. The van der Waals surface area contributed by atoms with Crippen LogP contribution in [0.1, 0.15) is 33.1 Å². The molecule has 2 rings (SSSR count). The summed E-state index contributed by atoms with van der Waals surface area (Å²) in [7, 11) is 0. The van der Waals surface area contributed by atoms with Crippen LogP contribution < -0.4 is 10.1 Å². The highest BCUT2D eigenvalue weighted by atomic mass is 16.5. The van der Waals surface area contributed by atoms with Crippen LogP contribution in [-0.4, -0.2) is 28.1 Å². The van der Waals surface area contributed by atoms with Crippen molar-refractivity contribution in [1.29, 1.82) is 0 Å². The third-order valence-electron chi connectivity index (χ3n) is 3.55. The molecule has 1 aliphatic rings. The Labute approximate surface area is 123 Å². The fourth-order valence-electron chi connectivity index (χ4n) is 2.60. The predicted octanol–water partition coefficient (Wildman–Crippen LogP) is 2.31. The maximum absolute atomic E-state index is 12.3. The number of anilines is 1. The van der Waals surface area contributed by atoms with E-state index in [4.69, 9.17) is 9.84 Å². The van der Waals surface area contributed by atoms with Gasteiger partial charge in [-0.15, -0.1) is 0 Å². The van der Waals surface area contributed by atoms with E-state index in [2.05, 4.69) is 10.3 Å². The van der Waals surface area contributed by atoms with E-state index in [0.717, 1.165) is 6.42 Å². The fourth-order valence-corrected chi connectivity index (χ4v) is 2.60. The second kappa shape index (κ2) is 6.56. The van der Waals surface area contributed by atoms with Crippen molar-refractivity contribution in [3.63, 3.8) is 0 Å². The number of carboxylic acid groups (broad SMARTS) is 1. The zero-order chi connectivity index (χ0) is 15.4. The van der Waals surface area contributed by atoms with Gasteiger partial charge in [-0.05, 0) is 38.8 Å². The van der Waals surface area contributed by atoms with Crippen molar-refractivity contribution in [3.8, 4) is 5.88 Å². The van der Waals surface area contributed by atoms with Crippen molar-refractivity contribution in [2.75, 3.05) is 5.32 Å². The fraction of sp³-hybridized carbons (Fsp3) is 0.533. The van der Waals surface area contributed by atoms with Gasteiger partial charge in [-0.2, -0.15) is 0 Å². The lowest BCUT2D eigenvalue weighted by molar-refractivity contribution is -0.145. The highest BCUT2D eigenvalue weighted by molar-refractivity contribution is 5.96. The topological polar surface area (TPSA) is 88.5 Å². The van der Waals surface area contributed by atoms with E-state index in [-0.39, 0.29) is 12.0 Å². The Morgan fingerprint density at radius 2 is 2.10 bits per heavy atom. The lowest BCUT2D eigenvalue weighted by atomic mass is 9.95. The maximum Gasteiger partial charge on any atom is 0.307 e. The minimum absolute atomic E-state index is 0.0613. The first kappa shape index (κ1) is 15.3. The van der Waals surface area contributed by atoms with E-state index in [1.54, 1.807) is 18.3 Å². The van der Waals surface area contributed by atoms with Gasteiger partial charge in [0.1, 0.15) is 5.69 Å². The molecule has 0 bridgehead atoms. The number of nitrogens with zero attached hydrogens (tertiary/aromatic N) is 1. The van der Waals surface area contributed by atoms with Crippen LogP contribution in [0.4, 0.5) is 5.69 Å². The molecule has 1 heterocycles. The first-order valence-electron chi connectivity index (χ1n) is 7.14. The second-order valence-electron chi connectivity index (χ2n) is 5.49. The molecule has 0 aromatic carbocycles. The molecule has 2 atom stereocenters. The lowest BCUT2D eigenvalue weighted by Crippen LogP contribution is -2.30. The van der Waals surface area contributed by atoms with E-state index >= 15 is 0 Å². The highest BCUT2D eigenvalue weighted by Crippen LogP contribution is 2.33. The van der Waals surface area contributed by atoms with Crippen molar-refractivity contribution in [2.45, 2.75) is 39.2 Å². The summed E-state index contributed by atoms with van der Waals surface area (Å²) < 4.78 is 5.54. The monoisotopic (exact) mass is 292 g/mol. The van der Waals surface area contributed by atoms with Crippen LogP contribution in [-0.2, 0) is 9.59 Å². The molecule has 1 aromatic rings. The molecule has 114 valence electrons. The summed E-state index contributed by atoms with van der Waals surface area (Å²) in [5.41, 5.74) is 0.479. The van der Waals surface area contributed by atoms with Crippen LogP contribution in [0, 0.1) is 11.8 Å². The summed E-state index contributed by atoms with van der Waals surface area (Å²) in [4.78, 5) is 27.6. The number of aliphatic carboxylic acids is 1. The number of nitrogens with one attached hydrogen (secondary N) is 1. The van der Waals surface area contributed by atoms with Gasteiger partial charge in [0.25, 0.3) is 0 Å². The number of carbonyl (C=O) groups excluding carboxylic acids is 1. The summed E-state index contributed by atoms with van der Waals surface area (Å²) in [6.45, 7) is 3.75. The van der Waals surface area contributed by atoms with E-state index < -0.39 is 17.8 Å². The Kier molecular flexibility index (Phi) is 4.77. The molecule has 1 fully saturated rings. The zero-order valence-corrected chi connectivity index (χ0v) is 12.2. The number of hydrogen-bond donors (Lipinski definition) is 2. The normalized spacial score (nSPS) is 21.3. The summed E-state index contributed by atoms with van der Waals surface area (Å²) in [5.74, 6) is -1.92. The average Bonchev–Trinajstić information content (AvgIpc) is 2.90. The van der Waals surface area contributed by atoms with Crippen LogP contribution in [0.2, 0.25) is 0 Å². The molecule has 1 amide bonds. The van der Waals surface area contributed by atoms with Gasteiger partial charge >= 0.3 is 5.97 Å². The van der Waals surface area contributed by atoms with Gasteiger partial charge in [0, 0.05) is 6.20 Å². The van der Waals surface area contributed by atoms with Crippen LogP contribution in [0.15, 0.2) is 18.3 Å². The van der Waals surface area contributed by atoms with Gasteiger partial charge in [0.2, 0.25) is 11.8 Å². The Bertz CT molecular complexity index is 530. The number of carboxylic acids is 1. The highest BCUT2D eigenvalue weighted by Gasteiger charge is 2.37. The third-order valence-corrected chi connectivity index (χ3v) is 3.55. The van der Waals surface area contributed by atoms with Crippen molar-refractivity contribution >= 4 is 17.6 Å². The molecule has 1 aliphatic carbocycles. The standard InChI is InChI=1S/C15H20N2O4/c1-9(2)21-14-12(7-4-8-16-14)17-13(18)10-5-3-6-11(10)15(19)20/h4,7-11H,3,5-6H2,1-2H3,(H,17,18)(H,19,20)/t10-,11+/m1/s1. The minimum atomic E-state index is -0.905. The Balaban J connectivity index is 2.11. The zero-order valence-electron chi connectivity index (χ0n) is 12.2. The molecular weight excluding hydrogens is 272 g/mol. The molecule has 0 radical (unpaired) electrons. The van der Waals surface area contributed by atoms with Crippen molar-refractivity contribution < 1.29 is 19.4 Å². The van der Waals surface area contributed by atoms with Crippen LogP contribution in [0.25, 0.3) is 0 Å². The SMILES string of the molecule is CC(C)Oc1ncccc1NC(=O)[C@@H]1CCC[C@@H]1C(=O)O. The number of rotatable bonds is 5. The molecular formula is C15H20N2O4.